The molecule has 1 aliphatic heterocycles. The maximum Gasteiger partial charge on any atom is 0.165 e. The predicted octanol–water partition coefficient (Wildman–Crippen LogP) is 1.89. The molecule has 0 spiro atoms. The summed E-state index contributed by atoms with van der Waals surface area (Å²) in [4.78, 5) is 2.31. The molecule has 4 heteroatoms. The van der Waals surface area contributed by atoms with Gasteiger partial charge in [-0.15, -0.1) is 0 Å². The van der Waals surface area contributed by atoms with Crippen molar-refractivity contribution in [3.05, 3.63) is 30.1 Å². The molecule has 1 aromatic rings. The Morgan fingerprint density at radius 3 is 2.78 bits per heavy atom. The molecule has 0 amide bonds. The first-order valence-electron chi connectivity index (χ1n) is 6.55. The van der Waals surface area contributed by atoms with Crippen LogP contribution in [0.5, 0.6) is 5.75 Å². The van der Waals surface area contributed by atoms with Crippen LogP contribution in [0.25, 0.3) is 0 Å². The molecule has 1 heterocycles. The number of piperidine rings is 1. The highest BCUT2D eigenvalue weighted by Crippen LogP contribution is 2.15. The van der Waals surface area contributed by atoms with Crippen LogP contribution >= 0.6 is 0 Å². The van der Waals surface area contributed by atoms with E-state index in [2.05, 4.69) is 17.3 Å². The van der Waals surface area contributed by atoms with Gasteiger partial charge in [0.05, 0.1) is 0 Å². The van der Waals surface area contributed by atoms with Gasteiger partial charge in [-0.3, -0.25) is 4.90 Å². The van der Waals surface area contributed by atoms with Crippen molar-refractivity contribution < 1.29 is 9.13 Å². The second kappa shape index (κ2) is 6.71. The Labute approximate surface area is 108 Å². The first-order valence-corrected chi connectivity index (χ1v) is 6.55. The molecule has 0 atom stereocenters. The van der Waals surface area contributed by atoms with Gasteiger partial charge in [0.2, 0.25) is 0 Å². The largest absolute Gasteiger partial charge is 0.489 e. The van der Waals surface area contributed by atoms with Crippen LogP contribution in [-0.2, 0) is 0 Å². The Morgan fingerprint density at radius 1 is 1.33 bits per heavy atom. The second-order valence-electron chi connectivity index (χ2n) is 4.74. The van der Waals surface area contributed by atoms with Crippen molar-refractivity contribution in [1.82, 2.24) is 10.2 Å². The van der Waals surface area contributed by atoms with Gasteiger partial charge < -0.3 is 10.1 Å². The third kappa shape index (κ3) is 3.68. The number of para-hydroxylation sites is 1. The molecular weight excluding hydrogens is 231 g/mol. The summed E-state index contributed by atoms with van der Waals surface area (Å²) >= 11 is 0. The number of nitrogens with one attached hydrogen (secondary N) is 1. The smallest absolute Gasteiger partial charge is 0.165 e. The molecule has 1 N–H and O–H groups in total. The van der Waals surface area contributed by atoms with Gasteiger partial charge in [-0.2, -0.15) is 0 Å². The van der Waals surface area contributed by atoms with Crippen molar-refractivity contribution in [1.29, 1.82) is 0 Å². The lowest BCUT2D eigenvalue weighted by Gasteiger charge is -2.31. The number of nitrogens with zero attached hydrogens (tertiary/aromatic N) is 1. The molecule has 0 unspecified atom stereocenters. The van der Waals surface area contributed by atoms with E-state index in [0.717, 1.165) is 19.6 Å². The fraction of sp³-hybridized carbons (Fsp3) is 0.571. The molecule has 2 rings (SSSR count). The van der Waals surface area contributed by atoms with Crippen molar-refractivity contribution in [2.75, 3.05) is 33.3 Å². The molecule has 1 aliphatic rings. The molecular formula is C14H21FN2O. The van der Waals surface area contributed by atoms with Gasteiger partial charge in [-0.25, -0.2) is 4.39 Å². The highest BCUT2D eigenvalue weighted by molar-refractivity contribution is 5.23. The van der Waals surface area contributed by atoms with Crippen LogP contribution in [0.4, 0.5) is 4.39 Å². The minimum absolute atomic E-state index is 0.290. The van der Waals surface area contributed by atoms with Crippen molar-refractivity contribution >= 4 is 0 Å². The van der Waals surface area contributed by atoms with E-state index in [1.807, 2.05) is 0 Å². The maximum atomic E-state index is 13.3. The molecule has 0 saturated carbocycles. The minimum atomic E-state index is -0.290. The summed E-state index contributed by atoms with van der Waals surface area (Å²) in [5.74, 6) is 0.0539. The zero-order valence-corrected chi connectivity index (χ0v) is 10.9. The maximum absolute atomic E-state index is 13.3. The van der Waals surface area contributed by atoms with E-state index < -0.39 is 0 Å². The van der Waals surface area contributed by atoms with Crippen LogP contribution in [0.1, 0.15) is 12.8 Å². The Hall–Kier alpha value is -1.13. The molecule has 0 aromatic heterocycles. The van der Waals surface area contributed by atoms with E-state index >= 15 is 0 Å². The summed E-state index contributed by atoms with van der Waals surface area (Å²) in [5, 5.41) is 3.35. The molecule has 18 heavy (non-hydrogen) atoms. The fourth-order valence-electron chi connectivity index (χ4n) is 2.29. The van der Waals surface area contributed by atoms with Gasteiger partial charge in [-0.1, -0.05) is 12.1 Å². The van der Waals surface area contributed by atoms with Gasteiger partial charge in [0.25, 0.3) is 0 Å². The molecule has 0 aliphatic carbocycles. The van der Waals surface area contributed by atoms with E-state index in [9.17, 15) is 4.39 Å². The Morgan fingerprint density at radius 2 is 2.06 bits per heavy atom. The van der Waals surface area contributed by atoms with Crippen molar-refractivity contribution in [3.63, 3.8) is 0 Å². The first-order chi connectivity index (χ1) is 8.77. The summed E-state index contributed by atoms with van der Waals surface area (Å²) in [6.07, 6.45) is 2.35. The van der Waals surface area contributed by atoms with Gasteiger partial charge >= 0.3 is 0 Å². The van der Waals surface area contributed by atoms with Gasteiger partial charge in [0.15, 0.2) is 11.6 Å². The summed E-state index contributed by atoms with van der Waals surface area (Å²) in [7, 11) is 2.11. The van der Waals surface area contributed by atoms with E-state index in [-0.39, 0.29) is 5.82 Å². The number of halogens is 1. The van der Waals surface area contributed by atoms with Crippen molar-refractivity contribution in [3.8, 4) is 5.75 Å². The lowest BCUT2D eigenvalue weighted by molar-refractivity contribution is 0.163. The minimum Gasteiger partial charge on any atom is -0.489 e. The highest BCUT2D eigenvalue weighted by atomic mass is 19.1. The highest BCUT2D eigenvalue weighted by Gasteiger charge is 2.17. The topological polar surface area (TPSA) is 24.5 Å². The SMILES string of the molecule is CN(CCOc1ccccc1F)C1CCNCC1. The standard InChI is InChI=1S/C14H21FN2O/c1-17(12-6-8-16-9-7-12)10-11-18-14-5-3-2-4-13(14)15/h2-5,12,16H,6-11H2,1H3. The van der Waals surface area contributed by atoms with Crippen LogP contribution in [0.2, 0.25) is 0 Å². The summed E-state index contributed by atoms with van der Waals surface area (Å²) < 4.78 is 18.8. The Bertz CT molecular complexity index is 367. The Balaban J connectivity index is 1.73. The van der Waals surface area contributed by atoms with Crippen LogP contribution in [0, 0.1) is 5.82 Å². The zero-order valence-electron chi connectivity index (χ0n) is 10.9. The molecule has 0 bridgehead atoms. The van der Waals surface area contributed by atoms with Crippen molar-refractivity contribution in [2.45, 2.75) is 18.9 Å². The average molecular weight is 252 g/mol. The number of likely N-dealkylation sites (N-methyl/N-ethyl adjacent to an activating group) is 1. The molecule has 1 fully saturated rings. The lowest BCUT2D eigenvalue weighted by Crippen LogP contribution is -2.42. The third-order valence-corrected chi connectivity index (χ3v) is 3.47. The number of hydrogen-bond acceptors (Lipinski definition) is 3. The molecule has 1 aromatic carbocycles. The van der Waals surface area contributed by atoms with E-state index in [1.165, 1.54) is 18.9 Å². The Kier molecular flexibility index (Phi) is 4.96. The summed E-state index contributed by atoms with van der Waals surface area (Å²) in [6.45, 7) is 3.53. The fourth-order valence-corrected chi connectivity index (χ4v) is 2.29. The number of ether oxygens (including phenoxy) is 1. The first kappa shape index (κ1) is 13.3. The van der Waals surface area contributed by atoms with Gasteiger partial charge in [0.1, 0.15) is 6.61 Å². The summed E-state index contributed by atoms with van der Waals surface area (Å²) in [5.41, 5.74) is 0. The van der Waals surface area contributed by atoms with Crippen LogP contribution in [0.3, 0.4) is 0 Å². The van der Waals surface area contributed by atoms with Crippen molar-refractivity contribution in [2.24, 2.45) is 0 Å². The average Bonchev–Trinajstić information content (AvgIpc) is 2.42. The molecule has 1 saturated heterocycles. The normalized spacial score (nSPS) is 17.1. The van der Waals surface area contributed by atoms with E-state index in [4.69, 9.17) is 4.74 Å². The quantitative estimate of drug-likeness (QED) is 0.866. The van der Waals surface area contributed by atoms with Crippen LogP contribution < -0.4 is 10.1 Å². The lowest BCUT2D eigenvalue weighted by atomic mass is 10.1. The molecule has 100 valence electrons. The number of hydrogen-bond donors (Lipinski definition) is 1. The number of rotatable bonds is 5. The number of benzene rings is 1. The van der Waals surface area contributed by atoms with Gasteiger partial charge in [0, 0.05) is 12.6 Å². The monoisotopic (exact) mass is 252 g/mol. The van der Waals surface area contributed by atoms with Gasteiger partial charge in [-0.05, 0) is 45.1 Å². The van der Waals surface area contributed by atoms with Crippen LogP contribution in [0.15, 0.2) is 24.3 Å². The zero-order chi connectivity index (χ0) is 12.8. The third-order valence-electron chi connectivity index (χ3n) is 3.47. The predicted molar refractivity (Wildman–Crippen MR) is 70.4 cm³/mol. The summed E-state index contributed by atoms with van der Waals surface area (Å²) in [6, 6.07) is 7.17. The van der Waals surface area contributed by atoms with Crippen LogP contribution in [-0.4, -0.2) is 44.2 Å². The van der Waals surface area contributed by atoms with E-state index in [1.54, 1.807) is 18.2 Å². The molecule has 0 radical (unpaired) electrons. The second-order valence-corrected chi connectivity index (χ2v) is 4.74. The molecule has 3 nitrogen and oxygen atoms in total. The van der Waals surface area contributed by atoms with E-state index in [0.29, 0.717) is 18.4 Å².